The van der Waals surface area contributed by atoms with Crippen LogP contribution in [0.25, 0.3) is 0 Å². The third-order valence-electron chi connectivity index (χ3n) is 2.28. The number of hydrogen-bond donors (Lipinski definition) is 0. The Hall–Kier alpha value is -1.82. The van der Waals surface area contributed by atoms with Crippen LogP contribution >= 0.6 is 0 Å². The number of nitriles is 1. The van der Waals surface area contributed by atoms with Crippen molar-refractivity contribution >= 4 is 5.97 Å². The first-order valence-electron chi connectivity index (χ1n) is 4.74. The number of carbonyl (C=O) groups excluding carboxylic acids is 1. The average molecular weight is 203 g/mol. The van der Waals surface area contributed by atoms with Crippen molar-refractivity contribution in [2.45, 2.75) is 19.8 Å². The molecule has 0 bridgehead atoms. The summed E-state index contributed by atoms with van der Waals surface area (Å²) in [6.45, 7) is 1.97. The molecule has 0 aliphatic rings. The summed E-state index contributed by atoms with van der Waals surface area (Å²) < 4.78 is 4.63. The van der Waals surface area contributed by atoms with Gasteiger partial charge in [0.2, 0.25) is 0 Å². The molecule has 0 aromatic heterocycles. The van der Waals surface area contributed by atoms with E-state index < -0.39 is 0 Å². The number of carbonyl (C=O) groups is 1. The van der Waals surface area contributed by atoms with Gasteiger partial charge in [-0.1, -0.05) is 6.07 Å². The highest BCUT2D eigenvalue weighted by Crippen LogP contribution is 2.13. The van der Waals surface area contributed by atoms with Gasteiger partial charge in [0, 0.05) is 6.42 Å². The molecule has 0 N–H and O–H groups in total. The van der Waals surface area contributed by atoms with Crippen molar-refractivity contribution in [1.82, 2.24) is 0 Å². The fraction of sp³-hybridized carbons (Fsp3) is 0.333. The van der Waals surface area contributed by atoms with Crippen molar-refractivity contribution < 1.29 is 9.53 Å². The Kier molecular flexibility index (Phi) is 3.87. The molecule has 0 atom stereocenters. The Morgan fingerprint density at radius 3 is 2.87 bits per heavy atom. The average Bonchev–Trinajstić information content (AvgIpc) is 2.27. The van der Waals surface area contributed by atoms with Gasteiger partial charge in [-0.15, -0.1) is 0 Å². The molecule has 78 valence electrons. The lowest BCUT2D eigenvalue weighted by atomic mass is 10.0. The van der Waals surface area contributed by atoms with Gasteiger partial charge in [0.05, 0.1) is 18.7 Å². The molecule has 0 fully saturated rings. The van der Waals surface area contributed by atoms with Crippen molar-refractivity contribution in [3.63, 3.8) is 0 Å². The second-order valence-corrected chi connectivity index (χ2v) is 3.29. The van der Waals surface area contributed by atoms with Gasteiger partial charge in [0.25, 0.3) is 0 Å². The second kappa shape index (κ2) is 5.16. The third kappa shape index (κ3) is 2.81. The normalized spacial score (nSPS) is 9.40. The van der Waals surface area contributed by atoms with E-state index in [0.29, 0.717) is 18.4 Å². The molecule has 3 nitrogen and oxygen atoms in total. The molecule has 0 spiro atoms. The predicted molar refractivity (Wildman–Crippen MR) is 56.5 cm³/mol. The Balaban J connectivity index is 2.95. The Bertz CT molecular complexity index is 405. The van der Waals surface area contributed by atoms with Gasteiger partial charge < -0.3 is 4.74 Å². The summed E-state index contributed by atoms with van der Waals surface area (Å²) in [5.74, 6) is -0.340. The molecule has 0 saturated heterocycles. The van der Waals surface area contributed by atoms with E-state index in [0.717, 1.165) is 11.1 Å². The van der Waals surface area contributed by atoms with Crippen LogP contribution in [0, 0.1) is 18.3 Å². The summed E-state index contributed by atoms with van der Waals surface area (Å²) in [5, 5.41) is 8.50. The largest absolute Gasteiger partial charge is 0.465 e. The van der Waals surface area contributed by atoms with Gasteiger partial charge >= 0.3 is 5.97 Å². The Labute approximate surface area is 89.3 Å². The molecule has 1 aromatic carbocycles. The van der Waals surface area contributed by atoms with Crippen LogP contribution in [0.3, 0.4) is 0 Å². The van der Waals surface area contributed by atoms with Crippen LogP contribution in [0.5, 0.6) is 0 Å². The van der Waals surface area contributed by atoms with E-state index in [4.69, 9.17) is 5.26 Å². The molecular weight excluding hydrogens is 190 g/mol. The van der Waals surface area contributed by atoms with Gasteiger partial charge in [-0.2, -0.15) is 5.26 Å². The number of ether oxygens (including phenoxy) is 1. The van der Waals surface area contributed by atoms with Gasteiger partial charge in [0.1, 0.15) is 0 Å². The minimum atomic E-state index is -0.340. The Morgan fingerprint density at radius 2 is 2.27 bits per heavy atom. The first-order valence-corrected chi connectivity index (χ1v) is 4.74. The first kappa shape index (κ1) is 11.3. The molecule has 0 heterocycles. The van der Waals surface area contributed by atoms with Crippen LogP contribution in [-0.4, -0.2) is 13.1 Å². The molecule has 0 amide bonds. The van der Waals surface area contributed by atoms with Crippen LogP contribution in [0.2, 0.25) is 0 Å². The number of hydrogen-bond acceptors (Lipinski definition) is 3. The van der Waals surface area contributed by atoms with Crippen molar-refractivity contribution in [2.75, 3.05) is 7.11 Å². The van der Waals surface area contributed by atoms with E-state index in [1.54, 1.807) is 12.1 Å². The van der Waals surface area contributed by atoms with Crippen molar-refractivity contribution in [3.8, 4) is 6.07 Å². The van der Waals surface area contributed by atoms with Gasteiger partial charge in [-0.25, -0.2) is 4.79 Å². The van der Waals surface area contributed by atoms with Crippen LogP contribution in [0.15, 0.2) is 18.2 Å². The Morgan fingerprint density at radius 1 is 1.53 bits per heavy atom. The van der Waals surface area contributed by atoms with E-state index in [-0.39, 0.29) is 5.97 Å². The SMILES string of the molecule is COC(=O)c1ccc(C)c(CCC#N)c1. The summed E-state index contributed by atoms with van der Waals surface area (Å²) in [4.78, 5) is 11.3. The predicted octanol–water partition coefficient (Wildman–Crippen LogP) is 2.24. The number of aryl methyl sites for hydroxylation is 2. The lowest BCUT2D eigenvalue weighted by Gasteiger charge is -2.05. The summed E-state index contributed by atoms with van der Waals surface area (Å²) in [5.41, 5.74) is 2.66. The standard InChI is InChI=1S/C12H13NO2/c1-9-5-6-11(12(14)15-2)8-10(9)4-3-7-13/h5-6,8H,3-4H2,1-2H3. The molecule has 1 rings (SSSR count). The molecule has 15 heavy (non-hydrogen) atoms. The fourth-order valence-corrected chi connectivity index (χ4v) is 1.38. The van der Waals surface area contributed by atoms with Gasteiger partial charge in [-0.3, -0.25) is 0 Å². The van der Waals surface area contributed by atoms with Crippen LogP contribution < -0.4 is 0 Å². The number of rotatable bonds is 3. The van der Waals surface area contributed by atoms with Crippen molar-refractivity contribution in [3.05, 3.63) is 34.9 Å². The highest BCUT2D eigenvalue weighted by atomic mass is 16.5. The lowest BCUT2D eigenvalue weighted by molar-refractivity contribution is 0.0600. The van der Waals surface area contributed by atoms with E-state index in [1.807, 2.05) is 13.0 Å². The van der Waals surface area contributed by atoms with Crippen LogP contribution in [0.1, 0.15) is 27.9 Å². The van der Waals surface area contributed by atoms with E-state index in [9.17, 15) is 4.79 Å². The van der Waals surface area contributed by atoms with Gasteiger partial charge in [-0.05, 0) is 36.6 Å². The molecule has 0 unspecified atom stereocenters. The fourth-order valence-electron chi connectivity index (χ4n) is 1.38. The maximum Gasteiger partial charge on any atom is 0.337 e. The third-order valence-corrected chi connectivity index (χ3v) is 2.28. The second-order valence-electron chi connectivity index (χ2n) is 3.29. The maximum atomic E-state index is 11.3. The van der Waals surface area contributed by atoms with Crippen LogP contribution in [0.4, 0.5) is 0 Å². The number of nitrogens with zero attached hydrogens (tertiary/aromatic N) is 1. The number of esters is 1. The summed E-state index contributed by atoms with van der Waals surface area (Å²) >= 11 is 0. The lowest BCUT2D eigenvalue weighted by Crippen LogP contribution is -2.02. The molecule has 3 heteroatoms. The quantitative estimate of drug-likeness (QED) is 0.708. The zero-order chi connectivity index (χ0) is 11.3. The van der Waals surface area contributed by atoms with Gasteiger partial charge in [0.15, 0.2) is 0 Å². The summed E-state index contributed by atoms with van der Waals surface area (Å²) in [7, 11) is 1.36. The highest BCUT2D eigenvalue weighted by Gasteiger charge is 2.07. The first-order chi connectivity index (χ1) is 7.19. The monoisotopic (exact) mass is 203 g/mol. The molecule has 1 aromatic rings. The van der Waals surface area contributed by atoms with Crippen molar-refractivity contribution in [2.24, 2.45) is 0 Å². The van der Waals surface area contributed by atoms with E-state index >= 15 is 0 Å². The molecule has 0 saturated carbocycles. The number of methoxy groups -OCH3 is 1. The summed E-state index contributed by atoms with van der Waals surface area (Å²) in [6.07, 6.45) is 1.14. The van der Waals surface area contributed by atoms with E-state index in [2.05, 4.69) is 10.8 Å². The highest BCUT2D eigenvalue weighted by molar-refractivity contribution is 5.89. The zero-order valence-corrected chi connectivity index (χ0v) is 8.91. The maximum absolute atomic E-state index is 11.3. The summed E-state index contributed by atoms with van der Waals surface area (Å²) in [6, 6.07) is 7.49. The number of benzene rings is 1. The van der Waals surface area contributed by atoms with Crippen LogP contribution in [-0.2, 0) is 11.2 Å². The minimum absolute atomic E-state index is 0.340. The molecule has 0 aliphatic heterocycles. The topological polar surface area (TPSA) is 50.1 Å². The molecular formula is C12H13NO2. The van der Waals surface area contributed by atoms with E-state index in [1.165, 1.54) is 7.11 Å². The van der Waals surface area contributed by atoms with Crippen molar-refractivity contribution in [1.29, 1.82) is 5.26 Å². The minimum Gasteiger partial charge on any atom is -0.465 e. The smallest absolute Gasteiger partial charge is 0.337 e. The zero-order valence-electron chi connectivity index (χ0n) is 8.91. The molecule has 0 radical (unpaired) electrons. The molecule has 0 aliphatic carbocycles.